The van der Waals surface area contributed by atoms with Crippen molar-refractivity contribution in [3.05, 3.63) is 35.7 Å². The molecule has 0 bridgehead atoms. The van der Waals surface area contributed by atoms with E-state index in [1.165, 1.54) is 24.3 Å². The van der Waals surface area contributed by atoms with Gasteiger partial charge in [-0.15, -0.1) is 0 Å². The minimum absolute atomic E-state index is 0.0972. The van der Waals surface area contributed by atoms with E-state index in [1.54, 1.807) is 0 Å². The highest BCUT2D eigenvalue weighted by atomic mass is 19.4. The van der Waals surface area contributed by atoms with E-state index >= 15 is 0 Å². The molecule has 25 heavy (non-hydrogen) atoms. The van der Waals surface area contributed by atoms with Crippen molar-refractivity contribution in [3.8, 4) is 11.4 Å². The zero-order chi connectivity index (χ0) is 18.9. The number of aliphatic hydroxyl groups is 1. The molecule has 2 rings (SSSR count). The number of hydrogen-bond donors (Lipinski definition) is 4. The maximum absolute atomic E-state index is 12.3. The lowest BCUT2D eigenvalue weighted by Crippen LogP contribution is -2.24. The van der Waals surface area contributed by atoms with Gasteiger partial charge < -0.3 is 26.1 Å². The minimum Gasteiger partial charge on any atom is -0.395 e. The molecule has 11 heteroatoms. The molecule has 1 aromatic carbocycles. The minimum atomic E-state index is -4.70. The summed E-state index contributed by atoms with van der Waals surface area (Å²) in [5.41, 5.74) is 5.37. The SMILES string of the molecule is N=CCNC(=O)c1ccc(-c2noc(C(F)(F)F)n2)cc1.NCCO. The fourth-order valence-electron chi connectivity index (χ4n) is 1.47. The first-order valence-corrected chi connectivity index (χ1v) is 6.92. The van der Waals surface area contributed by atoms with E-state index in [1.807, 2.05) is 0 Å². The monoisotopic (exact) mass is 359 g/mol. The van der Waals surface area contributed by atoms with Crippen molar-refractivity contribution < 1.29 is 27.6 Å². The van der Waals surface area contributed by atoms with E-state index < -0.39 is 18.0 Å². The van der Waals surface area contributed by atoms with Crippen molar-refractivity contribution in [1.29, 1.82) is 5.41 Å². The maximum atomic E-state index is 12.3. The van der Waals surface area contributed by atoms with Gasteiger partial charge in [-0.3, -0.25) is 4.79 Å². The van der Waals surface area contributed by atoms with Gasteiger partial charge in [0, 0.05) is 23.9 Å². The van der Waals surface area contributed by atoms with Gasteiger partial charge in [0.05, 0.1) is 13.2 Å². The lowest BCUT2D eigenvalue weighted by Gasteiger charge is -2.02. The summed E-state index contributed by atoms with van der Waals surface area (Å²) in [4.78, 5) is 14.8. The highest BCUT2D eigenvalue weighted by Crippen LogP contribution is 2.29. The number of nitrogens with two attached hydrogens (primary N) is 1. The van der Waals surface area contributed by atoms with Gasteiger partial charge in [0.25, 0.3) is 5.91 Å². The molecule has 0 aliphatic carbocycles. The zero-order valence-corrected chi connectivity index (χ0v) is 12.9. The van der Waals surface area contributed by atoms with Crippen LogP contribution in [-0.4, -0.2) is 47.1 Å². The number of carbonyl (C=O) groups excluding carboxylic acids is 1. The van der Waals surface area contributed by atoms with Crippen molar-refractivity contribution >= 4 is 12.1 Å². The van der Waals surface area contributed by atoms with Crippen LogP contribution in [0.2, 0.25) is 0 Å². The van der Waals surface area contributed by atoms with Gasteiger partial charge in [0.15, 0.2) is 0 Å². The highest BCUT2D eigenvalue weighted by Gasteiger charge is 2.38. The number of rotatable bonds is 5. The molecule has 0 spiro atoms. The Hall–Kier alpha value is -2.79. The second-order valence-corrected chi connectivity index (χ2v) is 4.42. The fourth-order valence-corrected chi connectivity index (χ4v) is 1.47. The smallest absolute Gasteiger partial charge is 0.395 e. The first-order valence-electron chi connectivity index (χ1n) is 6.92. The van der Waals surface area contributed by atoms with E-state index in [2.05, 4.69) is 20.0 Å². The van der Waals surface area contributed by atoms with Crippen molar-refractivity contribution in [2.75, 3.05) is 19.7 Å². The normalized spacial score (nSPS) is 10.6. The standard InChI is InChI=1S/C12H9F3N4O2.C2H7NO/c13-12(14,15)11-18-9(19-21-11)7-1-3-8(4-2-7)10(20)17-6-5-16;3-1-2-4/h1-5,16H,6H2,(H,17,20);4H,1-3H2. The number of halogens is 3. The van der Waals surface area contributed by atoms with Crippen LogP contribution in [0.15, 0.2) is 28.8 Å². The van der Waals surface area contributed by atoms with E-state index in [0.29, 0.717) is 12.1 Å². The second-order valence-electron chi connectivity index (χ2n) is 4.42. The Morgan fingerprint density at radius 2 is 1.96 bits per heavy atom. The molecule has 1 aromatic heterocycles. The molecule has 5 N–H and O–H groups in total. The quantitative estimate of drug-likeness (QED) is 0.589. The predicted molar refractivity (Wildman–Crippen MR) is 82.0 cm³/mol. The Kier molecular flexibility index (Phi) is 7.69. The van der Waals surface area contributed by atoms with Crippen LogP contribution < -0.4 is 11.1 Å². The van der Waals surface area contributed by atoms with Crippen LogP contribution in [0.5, 0.6) is 0 Å². The Labute approximate surface area is 140 Å². The summed E-state index contributed by atoms with van der Waals surface area (Å²) >= 11 is 0. The third kappa shape index (κ3) is 6.31. The summed E-state index contributed by atoms with van der Waals surface area (Å²) < 4.78 is 41.1. The van der Waals surface area contributed by atoms with E-state index in [4.69, 9.17) is 16.2 Å². The maximum Gasteiger partial charge on any atom is 0.471 e. The molecule has 0 unspecified atom stereocenters. The molecule has 0 fully saturated rings. The average molecular weight is 359 g/mol. The van der Waals surface area contributed by atoms with E-state index in [0.717, 1.165) is 6.21 Å². The van der Waals surface area contributed by atoms with Gasteiger partial charge in [-0.2, -0.15) is 18.2 Å². The largest absolute Gasteiger partial charge is 0.471 e. The number of nitrogens with zero attached hydrogens (tertiary/aromatic N) is 2. The fraction of sp³-hybridized carbons (Fsp3) is 0.286. The Morgan fingerprint density at radius 3 is 2.40 bits per heavy atom. The summed E-state index contributed by atoms with van der Waals surface area (Å²) in [6.45, 7) is 0.570. The molecule has 2 aromatic rings. The molecule has 8 nitrogen and oxygen atoms in total. The first kappa shape index (κ1) is 20.3. The molecule has 0 saturated carbocycles. The van der Waals surface area contributed by atoms with Crippen LogP contribution in [0.1, 0.15) is 16.2 Å². The first-order chi connectivity index (χ1) is 11.8. The molecule has 136 valence electrons. The van der Waals surface area contributed by atoms with Crippen LogP contribution >= 0.6 is 0 Å². The lowest BCUT2D eigenvalue weighted by molar-refractivity contribution is -0.159. The summed E-state index contributed by atoms with van der Waals surface area (Å²) in [6.07, 6.45) is -3.66. The van der Waals surface area contributed by atoms with Gasteiger partial charge in [0.1, 0.15) is 0 Å². The molecule has 0 aliphatic heterocycles. The number of nitrogens with one attached hydrogen (secondary N) is 2. The van der Waals surface area contributed by atoms with Gasteiger partial charge in [-0.1, -0.05) is 17.3 Å². The van der Waals surface area contributed by atoms with Crippen molar-refractivity contribution in [2.24, 2.45) is 5.73 Å². The lowest BCUT2D eigenvalue weighted by atomic mass is 10.1. The number of hydrogen-bond acceptors (Lipinski definition) is 7. The number of alkyl halides is 3. The van der Waals surface area contributed by atoms with Gasteiger partial charge in [-0.25, -0.2) is 0 Å². The molecular formula is C14H16F3N5O3. The molecule has 1 amide bonds. The molecule has 0 aliphatic rings. The van der Waals surface area contributed by atoms with E-state index in [9.17, 15) is 18.0 Å². The van der Waals surface area contributed by atoms with Crippen LogP contribution in [0, 0.1) is 5.41 Å². The Bertz CT molecular complexity index is 684. The third-order valence-corrected chi connectivity index (χ3v) is 2.57. The highest BCUT2D eigenvalue weighted by molar-refractivity contribution is 5.95. The van der Waals surface area contributed by atoms with Crippen LogP contribution in [-0.2, 0) is 6.18 Å². The van der Waals surface area contributed by atoms with Crippen LogP contribution in [0.25, 0.3) is 11.4 Å². The zero-order valence-electron chi connectivity index (χ0n) is 12.9. The topological polar surface area (TPSA) is 138 Å². The molecule has 1 heterocycles. The second kappa shape index (κ2) is 9.49. The number of carbonyl (C=O) groups is 1. The number of benzene rings is 1. The summed E-state index contributed by atoms with van der Waals surface area (Å²) in [5.74, 6) is -2.03. The summed E-state index contributed by atoms with van der Waals surface area (Å²) in [7, 11) is 0. The van der Waals surface area contributed by atoms with Gasteiger partial charge in [0.2, 0.25) is 5.82 Å². The summed E-state index contributed by atoms with van der Waals surface area (Å²) in [5, 5.41) is 20.2. The van der Waals surface area contributed by atoms with Crippen molar-refractivity contribution in [2.45, 2.75) is 6.18 Å². The molecule has 0 saturated heterocycles. The van der Waals surface area contributed by atoms with Crippen LogP contribution in [0.3, 0.4) is 0 Å². The number of aromatic nitrogens is 2. The average Bonchev–Trinajstić information content (AvgIpc) is 3.10. The van der Waals surface area contributed by atoms with Gasteiger partial charge >= 0.3 is 12.1 Å². The number of amides is 1. The molecular weight excluding hydrogens is 343 g/mol. The van der Waals surface area contributed by atoms with Crippen LogP contribution in [0.4, 0.5) is 13.2 Å². The molecule has 0 atom stereocenters. The van der Waals surface area contributed by atoms with Gasteiger partial charge in [-0.05, 0) is 12.1 Å². The van der Waals surface area contributed by atoms with Crippen molar-refractivity contribution in [3.63, 3.8) is 0 Å². The van der Waals surface area contributed by atoms with Crippen molar-refractivity contribution in [1.82, 2.24) is 15.5 Å². The van der Waals surface area contributed by atoms with E-state index in [-0.39, 0.29) is 24.5 Å². The Morgan fingerprint density at radius 1 is 1.36 bits per heavy atom. The molecule has 0 radical (unpaired) electrons. The number of aliphatic hydroxyl groups excluding tert-OH is 1. The Balaban J connectivity index is 0.000000705. The summed E-state index contributed by atoms with van der Waals surface area (Å²) in [6, 6.07) is 5.64. The third-order valence-electron chi connectivity index (χ3n) is 2.57. The predicted octanol–water partition coefficient (Wildman–Crippen LogP) is 1.07.